The molecule has 2 amide bonds. The molecule has 0 spiro atoms. The fraction of sp³-hybridized carbons (Fsp3) is 0.259. The third-order valence-electron chi connectivity index (χ3n) is 5.17. The number of carbonyl (C=O) groups excluding carboxylic acids is 2. The lowest BCUT2D eigenvalue weighted by atomic mass is 9.87. The number of rotatable bonds is 8. The van der Waals surface area contributed by atoms with Gasteiger partial charge in [-0.2, -0.15) is 0 Å². The van der Waals surface area contributed by atoms with Gasteiger partial charge in [0.1, 0.15) is 11.5 Å². The highest BCUT2D eigenvalue weighted by molar-refractivity contribution is 8.00. The molecular weight excluding hydrogens is 448 g/mol. The Kier molecular flexibility index (Phi) is 8.23. The first-order valence-electron chi connectivity index (χ1n) is 10.9. The zero-order chi connectivity index (χ0) is 24.7. The molecule has 0 heterocycles. The Balaban J connectivity index is 1.69. The summed E-state index contributed by atoms with van der Waals surface area (Å²) in [6.07, 6.45) is 0. The number of benzene rings is 3. The number of amides is 2. The van der Waals surface area contributed by atoms with Gasteiger partial charge in [0, 0.05) is 22.6 Å². The van der Waals surface area contributed by atoms with E-state index in [1.54, 1.807) is 36.4 Å². The fourth-order valence-electron chi connectivity index (χ4n) is 3.26. The van der Waals surface area contributed by atoms with Gasteiger partial charge in [0.25, 0.3) is 5.91 Å². The molecule has 3 aromatic rings. The van der Waals surface area contributed by atoms with Crippen LogP contribution < -0.4 is 20.1 Å². The first kappa shape index (κ1) is 25.2. The molecule has 0 aromatic heterocycles. The van der Waals surface area contributed by atoms with Crippen molar-refractivity contribution in [1.29, 1.82) is 0 Å². The molecule has 0 saturated carbocycles. The van der Waals surface area contributed by atoms with E-state index in [0.717, 1.165) is 4.90 Å². The van der Waals surface area contributed by atoms with Crippen molar-refractivity contribution in [3.63, 3.8) is 0 Å². The molecule has 3 rings (SSSR count). The number of hydrogen-bond donors (Lipinski definition) is 2. The highest BCUT2D eigenvalue weighted by atomic mass is 32.2. The van der Waals surface area contributed by atoms with Crippen LogP contribution in [0.5, 0.6) is 11.5 Å². The molecule has 0 atom stereocenters. The Labute approximate surface area is 205 Å². The number of carbonyl (C=O) groups is 2. The summed E-state index contributed by atoms with van der Waals surface area (Å²) in [7, 11) is 3.01. The maximum atomic E-state index is 12.6. The molecule has 0 saturated heterocycles. The van der Waals surface area contributed by atoms with Crippen LogP contribution in [0.2, 0.25) is 0 Å². The summed E-state index contributed by atoms with van der Waals surface area (Å²) >= 11 is 1.46. The van der Waals surface area contributed by atoms with Gasteiger partial charge >= 0.3 is 0 Å². The molecule has 0 aliphatic heterocycles. The molecule has 34 heavy (non-hydrogen) atoms. The second kappa shape index (κ2) is 11.1. The van der Waals surface area contributed by atoms with Crippen molar-refractivity contribution < 1.29 is 19.1 Å². The molecule has 0 bridgehead atoms. The van der Waals surface area contributed by atoms with Crippen molar-refractivity contribution >= 4 is 35.0 Å². The average molecular weight is 479 g/mol. The summed E-state index contributed by atoms with van der Waals surface area (Å²) in [4.78, 5) is 26.2. The van der Waals surface area contributed by atoms with E-state index in [9.17, 15) is 9.59 Å². The van der Waals surface area contributed by atoms with Gasteiger partial charge in [-0.3, -0.25) is 9.59 Å². The standard InChI is InChI=1S/C27H30N2O4S/c1-27(2,3)19-11-13-20(14-12-19)34-17-25(30)28-21-15-24(33-5)22(16-23(21)32-4)29-26(31)18-9-7-6-8-10-18/h6-16H,17H2,1-5H3,(H,28,30)(H,29,31). The van der Waals surface area contributed by atoms with Crippen LogP contribution in [0.15, 0.2) is 71.6 Å². The van der Waals surface area contributed by atoms with Gasteiger partial charge in [-0.15, -0.1) is 11.8 Å². The zero-order valence-electron chi connectivity index (χ0n) is 20.1. The Bertz CT molecular complexity index is 1140. The maximum Gasteiger partial charge on any atom is 0.255 e. The van der Waals surface area contributed by atoms with Crippen molar-refractivity contribution in [1.82, 2.24) is 0 Å². The molecule has 3 aromatic carbocycles. The Morgan fingerprint density at radius 1 is 0.824 bits per heavy atom. The third-order valence-corrected chi connectivity index (χ3v) is 6.18. The first-order chi connectivity index (χ1) is 16.2. The minimum atomic E-state index is -0.272. The van der Waals surface area contributed by atoms with Crippen LogP contribution in [0, 0.1) is 0 Å². The highest BCUT2D eigenvalue weighted by Gasteiger charge is 2.17. The van der Waals surface area contributed by atoms with E-state index in [1.165, 1.54) is 31.5 Å². The second-order valence-electron chi connectivity index (χ2n) is 8.68. The largest absolute Gasteiger partial charge is 0.494 e. The topological polar surface area (TPSA) is 76.7 Å². The van der Waals surface area contributed by atoms with Gasteiger partial charge in [-0.05, 0) is 35.2 Å². The lowest BCUT2D eigenvalue weighted by Crippen LogP contribution is -2.16. The van der Waals surface area contributed by atoms with Gasteiger partial charge in [-0.25, -0.2) is 0 Å². The first-order valence-corrected chi connectivity index (χ1v) is 11.9. The minimum absolute atomic E-state index is 0.0862. The second-order valence-corrected chi connectivity index (χ2v) is 9.73. The molecule has 0 unspecified atom stereocenters. The van der Waals surface area contributed by atoms with Gasteiger partial charge < -0.3 is 20.1 Å². The van der Waals surface area contributed by atoms with Crippen LogP contribution in [0.4, 0.5) is 11.4 Å². The van der Waals surface area contributed by atoms with Crippen LogP contribution in [-0.2, 0) is 10.2 Å². The maximum absolute atomic E-state index is 12.6. The Hall–Kier alpha value is -3.45. The van der Waals surface area contributed by atoms with Crippen molar-refractivity contribution in [3.8, 4) is 11.5 Å². The van der Waals surface area contributed by atoms with Crippen LogP contribution in [-0.4, -0.2) is 31.8 Å². The van der Waals surface area contributed by atoms with Gasteiger partial charge in [-0.1, -0.05) is 51.1 Å². The number of methoxy groups -OCH3 is 2. The number of ether oxygens (including phenoxy) is 2. The molecule has 0 radical (unpaired) electrons. The highest BCUT2D eigenvalue weighted by Crippen LogP contribution is 2.37. The summed E-state index contributed by atoms with van der Waals surface area (Å²) in [5, 5.41) is 5.71. The van der Waals surface area contributed by atoms with Crippen LogP contribution in [0.3, 0.4) is 0 Å². The molecule has 6 nitrogen and oxygen atoms in total. The molecular formula is C27H30N2O4S. The molecule has 2 N–H and O–H groups in total. The van der Waals surface area contributed by atoms with Crippen LogP contribution in [0.25, 0.3) is 0 Å². The van der Waals surface area contributed by atoms with E-state index in [1.807, 2.05) is 18.2 Å². The van der Waals surface area contributed by atoms with E-state index in [4.69, 9.17) is 9.47 Å². The van der Waals surface area contributed by atoms with Crippen LogP contribution in [0.1, 0.15) is 36.7 Å². The zero-order valence-corrected chi connectivity index (χ0v) is 20.9. The molecule has 178 valence electrons. The van der Waals surface area contributed by atoms with E-state index in [2.05, 4.69) is 43.5 Å². The number of anilines is 2. The Morgan fingerprint density at radius 3 is 1.91 bits per heavy atom. The molecule has 0 aliphatic rings. The van der Waals surface area contributed by atoms with Crippen molar-refractivity contribution in [2.75, 3.05) is 30.6 Å². The van der Waals surface area contributed by atoms with Crippen molar-refractivity contribution in [2.45, 2.75) is 31.1 Å². The summed E-state index contributed by atoms with van der Waals surface area (Å²) in [5.74, 6) is 0.619. The SMILES string of the molecule is COc1cc(NC(=O)c2ccccc2)c(OC)cc1NC(=O)CSc1ccc(C(C)(C)C)cc1. The molecule has 0 aliphatic carbocycles. The van der Waals surface area contributed by atoms with Gasteiger partial charge in [0.05, 0.1) is 31.3 Å². The summed E-state index contributed by atoms with van der Waals surface area (Å²) < 4.78 is 10.9. The lowest BCUT2D eigenvalue weighted by molar-refractivity contribution is -0.113. The van der Waals surface area contributed by atoms with Crippen molar-refractivity contribution in [3.05, 3.63) is 77.9 Å². The smallest absolute Gasteiger partial charge is 0.255 e. The fourth-order valence-corrected chi connectivity index (χ4v) is 3.96. The van der Waals surface area contributed by atoms with Crippen LogP contribution >= 0.6 is 11.8 Å². The predicted octanol–water partition coefficient (Wildman–Crippen LogP) is 5.98. The number of nitrogens with one attached hydrogen (secondary N) is 2. The van der Waals surface area contributed by atoms with E-state index >= 15 is 0 Å². The lowest BCUT2D eigenvalue weighted by Gasteiger charge is -2.19. The predicted molar refractivity (Wildman–Crippen MR) is 138 cm³/mol. The van der Waals surface area contributed by atoms with E-state index < -0.39 is 0 Å². The normalized spacial score (nSPS) is 11.0. The third kappa shape index (κ3) is 6.54. The minimum Gasteiger partial charge on any atom is -0.494 e. The quantitative estimate of drug-likeness (QED) is 0.389. The Morgan fingerprint density at radius 2 is 1.38 bits per heavy atom. The van der Waals surface area contributed by atoms with Gasteiger partial charge in [0.2, 0.25) is 5.91 Å². The summed E-state index contributed by atoms with van der Waals surface area (Å²) in [6.45, 7) is 6.51. The van der Waals surface area contributed by atoms with Gasteiger partial charge in [0.15, 0.2) is 0 Å². The molecule has 7 heteroatoms. The molecule has 0 fully saturated rings. The van der Waals surface area contributed by atoms with E-state index in [0.29, 0.717) is 28.4 Å². The average Bonchev–Trinajstić information content (AvgIpc) is 2.83. The van der Waals surface area contributed by atoms with Crippen molar-refractivity contribution in [2.24, 2.45) is 0 Å². The number of hydrogen-bond acceptors (Lipinski definition) is 5. The summed E-state index contributed by atoms with van der Waals surface area (Å²) in [6, 6.07) is 20.4. The summed E-state index contributed by atoms with van der Waals surface area (Å²) in [5.41, 5.74) is 2.76. The monoisotopic (exact) mass is 478 g/mol. The number of thioether (sulfide) groups is 1. The van der Waals surface area contributed by atoms with E-state index in [-0.39, 0.29) is 23.0 Å².